The average Bonchev–Trinajstić information content (AvgIpc) is 2.78. The fraction of sp³-hybridized carbons (Fsp3) is 0.643. The molecule has 0 aromatic carbocycles. The molecule has 1 aliphatic rings. The summed E-state index contributed by atoms with van der Waals surface area (Å²) in [6.45, 7) is 2.52. The molecule has 6 heteroatoms. The molecule has 1 unspecified atom stereocenters. The molecule has 0 saturated heterocycles. The van der Waals surface area contributed by atoms with Crippen molar-refractivity contribution in [1.82, 2.24) is 10.2 Å². The van der Waals surface area contributed by atoms with E-state index >= 15 is 0 Å². The molecule has 1 atom stereocenters. The molecule has 1 aliphatic heterocycles. The number of hydrogen-bond donors (Lipinski definition) is 2. The van der Waals surface area contributed by atoms with Crippen LogP contribution in [0.4, 0.5) is 0 Å². The third-order valence-electron chi connectivity index (χ3n) is 3.14. The highest BCUT2D eigenvalue weighted by atomic mass is 32.2. The predicted molar refractivity (Wildman–Crippen MR) is 85.7 cm³/mol. The maximum absolute atomic E-state index is 12.2. The molecular formula is C14H22N2O2S2. The number of fused-ring (bicyclic) bond motifs is 1. The van der Waals surface area contributed by atoms with Crippen molar-refractivity contribution in [2.24, 2.45) is 0 Å². The van der Waals surface area contributed by atoms with Crippen LogP contribution in [0.3, 0.4) is 0 Å². The SMILES string of the molecule is CN(C)CC(C)(O)CNC(=O)c1cc2c(s1)CCSC2. The Morgan fingerprint density at radius 3 is 2.95 bits per heavy atom. The third-order valence-corrected chi connectivity index (χ3v) is 5.38. The van der Waals surface area contributed by atoms with Gasteiger partial charge in [0.2, 0.25) is 0 Å². The Morgan fingerprint density at radius 1 is 1.55 bits per heavy atom. The zero-order valence-corrected chi connectivity index (χ0v) is 13.9. The molecule has 2 heterocycles. The van der Waals surface area contributed by atoms with Gasteiger partial charge in [-0.2, -0.15) is 11.8 Å². The Bertz CT molecular complexity index is 460. The number of hydrogen-bond acceptors (Lipinski definition) is 5. The minimum atomic E-state index is -0.911. The molecule has 0 spiro atoms. The van der Waals surface area contributed by atoms with Crippen LogP contribution < -0.4 is 5.32 Å². The Labute approximate surface area is 128 Å². The van der Waals surface area contributed by atoms with Crippen LogP contribution in [-0.4, -0.2) is 54.5 Å². The lowest BCUT2D eigenvalue weighted by atomic mass is 10.1. The van der Waals surface area contributed by atoms with Gasteiger partial charge < -0.3 is 15.3 Å². The van der Waals surface area contributed by atoms with Crippen molar-refractivity contribution in [3.8, 4) is 0 Å². The first-order valence-electron chi connectivity index (χ1n) is 6.72. The van der Waals surface area contributed by atoms with Gasteiger partial charge in [0.15, 0.2) is 0 Å². The first-order valence-corrected chi connectivity index (χ1v) is 8.69. The number of nitrogens with one attached hydrogen (secondary N) is 1. The van der Waals surface area contributed by atoms with E-state index in [0.717, 1.165) is 22.8 Å². The third kappa shape index (κ3) is 4.22. The lowest BCUT2D eigenvalue weighted by Gasteiger charge is -2.26. The van der Waals surface area contributed by atoms with Crippen molar-refractivity contribution >= 4 is 29.0 Å². The maximum atomic E-state index is 12.2. The highest BCUT2D eigenvalue weighted by molar-refractivity contribution is 7.98. The van der Waals surface area contributed by atoms with Gasteiger partial charge in [-0.05, 0) is 44.8 Å². The van der Waals surface area contributed by atoms with Crippen molar-refractivity contribution in [3.05, 3.63) is 21.4 Å². The maximum Gasteiger partial charge on any atom is 0.261 e. The van der Waals surface area contributed by atoms with Gasteiger partial charge in [-0.1, -0.05) is 0 Å². The van der Waals surface area contributed by atoms with Crippen molar-refractivity contribution in [3.63, 3.8) is 0 Å². The van der Waals surface area contributed by atoms with Gasteiger partial charge in [-0.15, -0.1) is 11.3 Å². The lowest BCUT2D eigenvalue weighted by molar-refractivity contribution is 0.0326. The molecule has 2 rings (SSSR count). The van der Waals surface area contributed by atoms with Crippen molar-refractivity contribution in [2.75, 3.05) is 32.9 Å². The summed E-state index contributed by atoms with van der Waals surface area (Å²) < 4.78 is 0. The molecule has 1 aromatic rings. The molecule has 20 heavy (non-hydrogen) atoms. The fourth-order valence-electron chi connectivity index (χ4n) is 2.35. The quantitative estimate of drug-likeness (QED) is 0.866. The van der Waals surface area contributed by atoms with Crippen LogP contribution in [0.15, 0.2) is 6.07 Å². The van der Waals surface area contributed by atoms with Crippen LogP contribution in [-0.2, 0) is 12.2 Å². The second kappa shape index (κ2) is 6.47. The Kier molecular flexibility index (Phi) is 5.12. The Morgan fingerprint density at radius 2 is 2.30 bits per heavy atom. The molecule has 0 aliphatic carbocycles. The number of aryl methyl sites for hydroxylation is 1. The summed E-state index contributed by atoms with van der Waals surface area (Å²) >= 11 is 3.51. The average molecular weight is 314 g/mol. The van der Waals surface area contributed by atoms with Gasteiger partial charge in [0.25, 0.3) is 5.91 Å². The van der Waals surface area contributed by atoms with Gasteiger partial charge in [0.1, 0.15) is 0 Å². The topological polar surface area (TPSA) is 52.6 Å². The van der Waals surface area contributed by atoms with Gasteiger partial charge in [-0.25, -0.2) is 0 Å². The number of amides is 1. The van der Waals surface area contributed by atoms with E-state index in [0.29, 0.717) is 6.54 Å². The van der Waals surface area contributed by atoms with Gasteiger partial charge in [0, 0.05) is 23.7 Å². The second-order valence-corrected chi connectivity index (χ2v) is 8.02. The smallest absolute Gasteiger partial charge is 0.261 e. The molecule has 0 radical (unpaired) electrons. The summed E-state index contributed by atoms with van der Waals surface area (Å²) in [5.74, 6) is 2.08. The van der Waals surface area contributed by atoms with Gasteiger partial charge in [-0.3, -0.25) is 4.79 Å². The first-order chi connectivity index (χ1) is 9.37. The Hall–Kier alpha value is -0.560. The highest BCUT2D eigenvalue weighted by Gasteiger charge is 2.23. The van der Waals surface area contributed by atoms with E-state index in [1.165, 1.54) is 10.4 Å². The Balaban J connectivity index is 1.93. The molecule has 112 valence electrons. The fourth-order valence-corrected chi connectivity index (χ4v) is 4.64. The number of carbonyl (C=O) groups is 1. The van der Waals surface area contributed by atoms with E-state index in [1.54, 1.807) is 18.3 Å². The van der Waals surface area contributed by atoms with E-state index in [2.05, 4.69) is 5.32 Å². The van der Waals surface area contributed by atoms with E-state index in [1.807, 2.05) is 36.8 Å². The second-order valence-electron chi connectivity index (χ2n) is 5.78. The zero-order chi connectivity index (χ0) is 14.8. The summed E-state index contributed by atoms with van der Waals surface area (Å²) in [6, 6.07) is 2.00. The zero-order valence-electron chi connectivity index (χ0n) is 12.2. The molecule has 1 aromatic heterocycles. The molecular weight excluding hydrogens is 292 g/mol. The van der Waals surface area contributed by atoms with Crippen molar-refractivity contribution in [2.45, 2.75) is 24.7 Å². The molecule has 4 nitrogen and oxygen atoms in total. The summed E-state index contributed by atoms with van der Waals surface area (Å²) in [7, 11) is 3.81. The van der Waals surface area contributed by atoms with E-state index in [9.17, 15) is 9.90 Å². The van der Waals surface area contributed by atoms with Crippen molar-refractivity contribution in [1.29, 1.82) is 0 Å². The summed E-state index contributed by atoms with van der Waals surface area (Å²) in [5, 5.41) is 13.0. The minimum Gasteiger partial charge on any atom is -0.387 e. The number of thiophene rings is 1. The van der Waals surface area contributed by atoms with Crippen LogP contribution in [0.25, 0.3) is 0 Å². The largest absolute Gasteiger partial charge is 0.387 e. The molecule has 0 fully saturated rings. The molecule has 0 bridgehead atoms. The first kappa shape index (κ1) is 15.8. The molecule has 0 saturated carbocycles. The summed E-state index contributed by atoms with van der Waals surface area (Å²) in [6.07, 6.45) is 1.07. The van der Waals surface area contributed by atoms with E-state index in [-0.39, 0.29) is 12.5 Å². The standard InChI is InChI=1S/C14H22N2O2S2/c1-14(18,9-16(2)3)8-15-13(17)12-6-10-7-19-5-4-11(10)20-12/h6,18H,4-5,7-9H2,1-3H3,(H,15,17). The van der Waals surface area contributed by atoms with Gasteiger partial charge in [0.05, 0.1) is 10.5 Å². The number of likely N-dealkylation sites (N-methyl/N-ethyl adjacent to an activating group) is 1. The highest BCUT2D eigenvalue weighted by Crippen LogP contribution is 2.31. The number of thioether (sulfide) groups is 1. The lowest BCUT2D eigenvalue weighted by Crippen LogP contribution is -2.47. The predicted octanol–water partition coefficient (Wildman–Crippen LogP) is 1.58. The van der Waals surface area contributed by atoms with Crippen molar-refractivity contribution < 1.29 is 9.90 Å². The summed E-state index contributed by atoms with van der Waals surface area (Å²) in [4.78, 5) is 16.2. The molecule has 2 N–H and O–H groups in total. The number of carbonyl (C=O) groups excluding carboxylic acids is 1. The van der Waals surface area contributed by atoms with E-state index < -0.39 is 5.60 Å². The minimum absolute atomic E-state index is 0.0755. The van der Waals surface area contributed by atoms with E-state index in [4.69, 9.17) is 0 Å². The van der Waals surface area contributed by atoms with Gasteiger partial charge >= 0.3 is 0 Å². The van der Waals surface area contributed by atoms with Crippen LogP contribution in [0.5, 0.6) is 0 Å². The summed E-state index contributed by atoms with van der Waals surface area (Å²) in [5.41, 5.74) is 0.391. The number of aliphatic hydroxyl groups is 1. The number of rotatable bonds is 5. The molecule has 1 amide bonds. The van der Waals surface area contributed by atoms with Crippen LogP contribution in [0.1, 0.15) is 27.0 Å². The monoisotopic (exact) mass is 314 g/mol. The van der Waals surface area contributed by atoms with Crippen LogP contribution in [0.2, 0.25) is 0 Å². The normalized spacial score (nSPS) is 17.6. The van der Waals surface area contributed by atoms with Crippen LogP contribution >= 0.6 is 23.1 Å². The number of nitrogens with zero attached hydrogens (tertiary/aromatic N) is 1. The van der Waals surface area contributed by atoms with Crippen LogP contribution in [0, 0.1) is 0 Å².